The molecular weight excluding hydrogens is 478 g/mol. The van der Waals surface area contributed by atoms with E-state index in [9.17, 15) is 13.2 Å². The van der Waals surface area contributed by atoms with E-state index in [0.29, 0.717) is 41.0 Å². The van der Waals surface area contributed by atoms with E-state index in [2.05, 4.69) is 10.2 Å². The molecule has 0 saturated carbocycles. The molecule has 1 aromatic rings. The number of thiocarbonyl (C=S) groups is 1. The largest absolute Gasteiger partial charge is 0.355 e. The quantitative estimate of drug-likeness (QED) is 0.137. The minimum Gasteiger partial charge on any atom is -0.355 e. The molecule has 0 aliphatic carbocycles. The van der Waals surface area contributed by atoms with Crippen LogP contribution in [-0.2, 0) is 14.9 Å². The zero-order valence-corrected chi connectivity index (χ0v) is 22.6. The standard InChI is InChI=1S/C23H35N3O4S3/c1-22(2,24-4)18-23(3,32-20(31)19-12-8-7-9-13-19)21(27)25-14-10-15-26(5,6)16-11-17-33(28,29)30/h7-9,12-13H,10-11,14-18H2,1-3,5-6H3,(H-,25,27,28,29,30)/p+1. The van der Waals surface area contributed by atoms with Gasteiger partial charge in [0, 0.05) is 39.7 Å². The molecule has 0 bridgehead atoms. The van der Waals surface area contributed by atoms with Crippen molar-refractivity contribution in [1.82, 2.24) is 5.32 Å². The average molecular weight is 515 g/mol. The summed E-state index contributed by atoms with van der Waals surface area (Å²) in [6.07, 6.45) is 1.43. The minimum absolute atomic E-state index is 0.154. The van der Waals surface area contributed by atoms with Crippen molar-refractivity contribution >= 4 is 44.2 Å². The smallest absolute Gasteiger partial charge is 0.265 e. The fourth-order valence-corrected chi connectivity index (χ4v) is 5.98. The molecule has 0 aliphatic heterocycles. The molecule has 0 radical (unpaired) electrons. The van der Waals surface area contributed by atoms with Gasteiger partial charge in [-0.3, -0.25) is 9.35 Å². The van der Waals surface area contributed by atoms with E-state index in [1.807, 2.05) is 65.2 Å². The fraction of sp³-hybridized carbons (Fsp3) is 0.609. The van der Waals surface area contributed by atoms with Gasteiger partial charge >= 0.3 is 0 Å². The molecule has 0 heterocycles. The lowest BCUT2D eigenvalue weighted by molar-refractivity contribution is -0.890. The van der Waals surface area contributed by atoms with E-state index in [0.717, 1.165) is 12.1 Å². The summed E-state index contributed by atoms with van der Waals surface area (Å²) in [7, 11) is 0.0292. The number of amides is 1. The van der Waals surface area contributed by atoms with E-state index in [-0.39, 0.29) is 11.7 Å². The normalized spacial score (nSPS) is 14.2. The van der Waals surface area contributed by atoms with Gasteiger partial charge in [-0.05, 0) is 12.5 Å². The Morgan fingerprint density at radius 1 is 1.18 bits per heavy atom. The molecular formula is C23H36N3O4S3+. The Bertz CT molecular complexity index is 957. The average Bonchev–Trinajstić information content (AvgIpc) is 2.70. The van der Waals surface area contributed by atoms with Crippen LogP contribution >= 0.6 is 24.0 Å². The first-order valence-corrected chi connectivity index (χ1v) is 13.7. The van der Waals surface area contributed by atoms with E-state index in [1.54, 1.807) is 0 Å². The van der Waals surface area contributed by atoms with Gasteiger partial charge < -0.3 is 14.6 Å². The number of thioether (sulfide) groups is 1. The number of nitrogens with zero attached hydrogens (tertiary/aromatic N) is 2. The van der Waals surface area contributed by atoms with Gasteiger partial charge in [-0.2, -0.15) is 8.42 Å². The number of hydrogen-bond acceptors (Lipinski definition) is 5. The Morgan fingerprint density at radius 3 is 2.30 bits per heavy atom. The Morgan fingerprint density at radius 2 is 1.76 bits per heavy atom. The van der Waals surface area contributed by atoms with Crippen LogP contribution in [-0.4, -0.2) is 77.3 Å². The van der Waals surface area contributed by atoms with Gasteiger partial charge in [0.1, 0.15) is 4.75 Å². The first-order chi connectivity index (χ1) is 15.1. The summed E-state index contributed by atoms with van der Waals surface area (Å²) in [4.78, 5) is 16.9. The molecule has 0 aromatic heterocycles. The Labute approximate surface area is 208 Å². The Balaban J connectivity index is 2.74. The second-order valence-corrected chi connectivity index (χ2v) is 13.5. The zero-order valence-electron chi connectivity index (χ0n) is 20.1. The number of quaternary nitrogens is 1. The SMILES string of the molecule is [C-]#[N+]C(C)(C)CC(C)(SC(=S)c1ccccc1)C(=O)NCCC[N+](C)(C)CCCS(=O)(=O)O. The van der Waals surface area contributed by atoms with E-state index < -0.39 is 20.4 Å². The van der Waals surface area contributed by atoms with Crippen LogP contribution < -0.4 is 5.32 Å². The van der Waals surface area contributed by atoms with E-state index in [1.165, 1.54) is 11.8 Å². The number of hydrogen-bond donors (Lipinski definition) is 2. The van der Waals surface area contributed by atoms with Gasteiger partial charge in [-0.15, -0.1) is 0 Å². The van der Waals surface area contributed by atoms with Crippen LogP contribution in [0.3, 0.4) is 0 Å². The topological polar surface area (TPSA) is 87.8 Å². The predicted octanol–water partition coefficient (Wildman–Crippen LogP) is 3.80. The molecule has 1 amide bonds. The summed E-state index contributed by atoms with van der Waals surface area (Å²) in [6, 6.07) is 9.54. The summed E-state index contributed by atoms with van der Waals surface area (Å²) in [5.74, 6) is -0.404. The molecule has 0 fully saturated rings. The van der Waals surface area contributed by atoms with Crippen molar-refractivity contribution in [1.29, 1.82) is 0 Å². The maximum atomic E-state index is 13.2. The van der Waals surface area contributed by atoms with Gasteiger partial charge in [0.05, 0.1) is 37.1 Å². The lowest BCUT2D eigenvalue weighted by atomic mass is 9.91. The van der Waals surface area contributed by atoms with Crippen LogP contribution in [0.1, 0.15) is 45.6 Å². The molecule has 1 atom stereocenters. The van der Waals surface area contributed by atoms with Crippen LogP contribution in [0, 0.1) is 6.57 Å². The molecule has 184 valence electrons. The van der Waals surface area contributed by atoms with Crippen molar-refractivity contribution < 1.29 is 22.2 Å². The monoisotopic (exact) mass is 514 g/mol. The number of nitrogens with one attached hydrogen (secondary N) is 1. The zero-order chi connectivity index (χ0) is 25.3. The summed E-state index contributed by atoms with van der Waals surface area (Å²) < 4.78 is 31.0. The maximum absolute atomic E-state index is 13.2. The summed E-state index contributed by atoms with van der Waals surface area (Å²) in [5.41, 5.74) is 0.165. The van der Waals surface area contributed by atoms with Crippen LogP contribution in [0.15, 0.2) is 30.3 Å². The lowest BCUT2D eigenvalue weighted by Crippen LogP contribution is -2.48. The molecule has 1 rings (SSSR count). The van der Waals surface area contributed by atoms with Crippen LogP contribution in [0.4, 0.5) is 0 Å². The number of rotatable bonds is 13. The van der Waals surface area contributed by atoms with Crippen molar-refractivity contribution in [2.45, 2.75) is 50.3 Å². The second-order valence-electron chi connectivity index (χ2n) is 9.72. The van der Waals surface area contributed by atoms with Crippen molar-refractivity contribution in [2.24, 2.45) is 0 Å². The first-order valence-electron chi connectivity index (χ1n) is 10.8. The molecule has 1 aromatic carbocycles. The third kappa shape index (κ3) is 11.5. The lowest BCUT2D eigenvalue weighted by Gasteiger charge is -2.32. The fourth-order valence-electron chi connectivity index (χ4n) is 3.55. The van der Waals surface area contributed by atoms with E-state index in [4.69, 9.17) is 23.3 Å². The van der Waals surface area contributed by atoms with Crippen molar-refractivity contribution in [3.8, 4) is 0 Å². The molecule has 33 heavy (non-hydrogen) atoms. The third-order valence-electron chi connectivity index (χ3n) is 5.27. The van der Waals surface area contributed by atoms with Crippen LogP contribution in [0.2, 0.25) is 0 Å². The van der Waals surface area contributed by atoms with Crippen molar-refractivity contribution in [3.05, 3.63) is 47.3 Å². The summed E-state index contributed by atoms with van der Waals surface area (Å²) in [6.45, 7) is 14.8. The highest BCUT2D eigenvalue weighted by Crippen LogP contribution is 2.38. The van der Waals surface area contributed by atoms with Gasteiger partial charge in [-0.25, -0.2) is 6.57 Å². The molecule has 1 unspecified atom stereocenters. The van der Waals surface area contributed by atoms with E-state index >= 15 is 0 Å². The molecule has 0 aliphatic rings. The molecule has 0 saturated heterocycles. The van der Waals surface area contributed by atoms with Crippen LogP contribution in [0.25, 0.3) is 4.85 Å². The highest BCUT2D eigenvalue weighted by molar-refractivity contribution is 8.25. The van der Waals surface area contributed by atoms with Crippen LogP contribution in [0.5, 0.6) is 0 Å². The summed E-state index contributed by atoms with van der Waals surface area (Å²) >= 11 is 6.93. The minimum atomic E-state index is -3.95. The van der Waals surface area contributed by atoms with Gasteiger partial charge in [0.25, 0.3) is 10.1 Å². The highest BCUT2D eigenvalue weighted by Gasteiger charge is 2.43. The number of carbonyl (C=O) groups is 1. The molecule has 10 heteroatoms. The van der Waals surface area contributed by atoms with Crippen molar-refractivity contribution in [2.75, 3.05) is 39.5 Å². The highest BCUT2D eigenvalue weighted by atomic mass is 32.2. The number of carbonyl (C=O) groups excluding carboxylic acids is 1. The molecule has 0 spiro atoms. The Kier molecular flexibility index (Phi) is 11.0. The predicted molar refractivity (Wildman–Crippen MR) is 140 cm³/mol. The molecule has 7 nitrogen and oxygen atoms in total. The Hall–Kier alpha value is -1.51. The van der Waals surface area contributed by atoms with Gasteiger partial charge in [-0.1, -0.05) is 54.3 Å². The maximum Gasteiger partial charge on any atom is 0.265 e. The van der Waals surface area contributed by atoms with Gasteiger partial charge in [0.2, 0.25) is 11.4 Å². The van der Waals surface area contributed by atoms with Crippen molar-refractivity contribution in [3.63, 3.8) is 0 Å². The molecule has 2 N–H and O–H groups in total. The van der Waals surface area contributed by atoms with Gasteiger partial charge in [0.15, 0.2) is 0 Å². The summed E-state index contributed by atoms with van der Waals surface area (Å²) in [5, 5.41) is 3.01. The third-order valence-corrected chi connectivity index (χ3v) is 7.76. The second kappa shape index (κ2) is 12.3. The number of benzene rings is 1. The first kappa shape index (κ1) is 29.5.